The lowest BCUT2D eigenvalue weighted by Crippen LogP contribution is -2.21. The maximum Gasteiger partial charge on any atom is 0.161 e. The third-order valence-electron chi connectivity index (χ3n) is 3.64. The highest BCUT2D eigenvalue weighted by Gasteiger charge is 2.23. The zero-order valence-corrected chi connectivity index (χ0v) is 13.3. The van der Waals surface area contributed by atoms with E-state index in [0.29, 0.717) is 0 Å². The fourth-order valence-electron chi connectivity index (χ4n) is 2.54. The molecule has 0 aliphatic carbocycles. The van der Waals surface area contributed by atoms with Crippen LogP contribution in [0.1, 0.15) is 50.3 Å². The summed E-state index contributed by atoms with van der Waals surface area (Å²) < 4.78 is 9.33. The summed E-state index contributed by atoms with van der Waals surface area (Å²) in [6.07, 6.45) is 3.63. The summed E-state index contributed by atoms with van der Waals surface area (Å²) in [7, 11) is 1.65. The van der Waals surface area contributed by atoms with Gasteiger partial charge in [0.2, 0.25) is 0 Å². The van der Waals surface area contributed by atoms with Crippen molar-refractivity contribution < 1.29 is 4.74 Å². The molecule has 2 heterocycles. The number of aromatic nitrogens is 4. The first kappa shape index (κ1) is 15.6. The second-order valence-electron chi connectivity index (χ2n) is 5.03. The van der Waals surface area contributed by atoms with Gasteiger partial charge < -0.3 is 10.5 Å². The molecule has 0 saturated carbocycles. The van der Waals surface area contributed by atoms with Crippen LogP contribution in [0.25, 0.3) is 0 Å². The molecule has 116 valence electrons. The van der Waals surface area contributed by atoms with E-state index >= 15 is 0 Å². The van der Waals surface area contributed by atoms with Gasteiger partial charge in [-0.1, -0.05) is 13.8 Å². The first-order chi connectivity index (χ1) is 10.2. The molecule has 6 nitrogen and oxygen atoms in total. The van der Waals surface area contributed by atoms with Crippen molar-refractivity contribution in [1.29, 1.82) is 0 Å². The summed E-state index contributed by atoms with van der Waals surface area (Å²) in [4.78, 5) is 0. The smallest absolute Gasteiger partial charge is 0.161 e. The molecule has 0 radical (unpaired) electrons. The zero-order valence-electron chi connectivity index (χ0n) is 13.3. The topological polar surface area (TPSA) is 70.9 Å². The van der Waals surface area contributed by atoms with E-state index in [9.17, 15) is 0 Å². The lowest BCUT2D eigenvalue weighted by Gasteiger charge is -2.16. The van der Waals surface area contributed by atoms with Crippen LogP contribution < -0.4 is 10.5 Å². The van der Waals surface area contributed by atoms with Gasteiger partial charge in [-0.2, -0.15) is 10.2 Å². The minimum Gasteiger partial charge on any atom is -0.493 e. The highest BCUT2D eigenvalue weighted by atomic mass is 16.5. The van der Waals surface area contributed by atoms with E-state index < -0.39 is 0 Å². The van der Waals surface area contributed by atoms with Gasteiger partial charge in [0.25, 0.3) is 0 Å². The second-order valence-corrected chi connectivity index (χ2v) is 5.03. The largest absolute Gasteiger partial charge is 0.493 e. The van der Waals surface area contributed by atoms with E-state index in [0.717, 1.165) is 48.8 Å². The van der Waals surface area contributed by atoms with Gasteiger partial charge in [0.15, 0.2) is 5.75 Å². The van der Waals surface area contributed by atoms with Gasteiger partial charge in [-0.15, -0.1) is 0 Å². The quantitative estimate of drug-likeness (QED) is 0.848. The zero-order chi connectivity index (χ0) is 15.4. The molecule has 1 atom stereocenters. The van der Waals surface area contributed by atoms with Crippen LogP contribution in [0.4, 0.5) is 0 Å². The van der Waals surface area contributed by atoms with Crippen LogP contribution in [0.15, 0.2) is 12.3 Å². The normalized spacial score (nSPS) is 12.6. The lowest BCUT2D eigenvalue weighted by atomic mass is 10.1. The van der Waals surface area contributed by atoms with Crippen LogP contribution in [-0.2, 0) is 19.5 Å². The molecule has 0 aromatic carbocycles. The van der Waals surface area contributed by atoms with Crippen LogP contribution >= 0.6 is 0 Å². The first-order valence-corrected chi connectivity index (χ1v) is 7.58. The summed E-state index contributed by atoms with van der Waals surface area (Å²) in [5.74, 6) is 0.734. The highest BCUT2D eigenvalue weighted by Crippen LogP contribution is 2.29. The molecular weight excluding hydrogens is 266 g/mol. The monoisotopic (exact) mass is 291 g/mol. The molecule has 0 aliphatic rings. The Labute approximate surface area is 125 Å². The Hall–Kier alpha value is -1.82. The number of rotatable bonds is 7. The Morgan fingerprint density at radius 2 is 2.05 bits per heavy atom. The molecule has 1 unspecified atom stereocenters. The minimum atomic E-state index is -0.290. The summed E-state index contributed by atoms with van der Waals surface area (Å²) >= 11 is 0. The average Bonchev–Trinajstić information content (AvgIpc) is 3.10. The predicted molar refractivity (Wildman–Crippen MR) is 82.4 cm³/mol. The number of nitrogens with two attached hydrogens (primary N) is 1. The molecule has 6 heteroatoms. The van der Waals surface area contributed by atoms with Crippen molar-refractivity contribution in [3.05, 3.63) is 29.3 Å². The number of ether oxygens (including phenoxy) is 1. The van der Waals surface area contributed by atoms with E-state index in [2.05, 4.69) is 37.0 Å². The van der Waals surface area contributed by atoms with E-state index in [1.165, 1.54) is 0 Å². The van der Waals surface area contributed by atoms with E-state index in [-0.39, 0.29) is 6.04 Å². The highest BCUT2D eigenvalue weighted by molar-refractivity contribution is 5.34. The van der Waals surface area contributed by atoms with E-state index in [1.807, 2.05) is 9.36 Å². The summed E-state index contributed by atoms with van der Waals surface area (Å²) in [6.45, 7) is 7.91. The van der Waals surface area contributed by atoms with Gasteiger partial charge in [-0.05, 0) is 25.8 Å². The van der Waals surface area contributed by atoms with Gasteiger partial charge in [-0.3, -0.25) is 9.36 Å². The maximum absolute atomic E-state index is 6.51. The molecule has 0 fully saturated rings. The summed E-state index contributed by atoms with van der Waals surface area (Å²) in [5, 5.41) is 8.96. The molecule has 2 aromatic heterocycles. The Morgan fingerprint density at radius 3 is 2.62 bits per heavy atom. The molecule has 0 saturated heterocycles. The molecule has 2 N–H and O–H groups in total. The Balaban J connectivity index is 2.45. The first-order valence-electron chi connectivity index (χ1n) is 7.58. The molecule has 2 aromatic rings. The van der Waals surface area contributed by atoms with Crippen molar-refractivity contribution in [2.24, 2.45) is 5.73 Å². The molecule has 0 aliphatic heterocycles. The number of nitrogens with zero attached hydrogens (tertiary/aromatic N) is 4. The fourth-order valence-corrected chi connectivity index (χ4v) is 2.54. The number of methoxy groups -OCH3 is 1. The van der Waals surface area contributed by atoms with Crippen molar-refractivity contribution in [2.75, 3.05) is 7.11 Å². The molecule has 21 heavy (non-hydrogen) atoms. The number of hydrogen-bond acceptors (Lipinski definition) is 4. The van der Waals surface area contributed by atoms with Crippen molar-refractivity contribution >= 4 is 0 Å². The number of hydrogen-bond donors (Lipinski definition) is 1. The van der Waals surface area contributed by atoms with Gasteiger partial charge in [0.05, 0.1) is 30.7 Å². The van der Waals surface area contributed by atoms with Gasteiger partial charge in [0, 0.05) is 13.1 Å². The van der Waals surface area contributed by atoms with Gasteiger partial charge in [0.1, 0.15) is 5.69 Å². The molecular formula is C15H25N5O. The number of aryl methyl sites for hydroxylation is 3. The third-order valence-corrected chi connectivity index (χ3v) is 3.64. The van der Waals surface area contributed by atoms with Crippen LogP contribution in [0.3, 0.4) is 0 Å². The molecule has 0 bridgehead atoms. The Morgan fingerprint density at radius 1 is 1.29 bits per heavy atom. The van der Waals surface area contributed by atoms with Crippen molar-refractivity contribution in [2.45, 2.75) is 52.7 Å². The van der Waals surface area contributed by atoms with Gasteiger partial charge in [-0.25, -0.2) is 0 Å². The van der Waals surface area contributed by atoms with E-state index in [4.69, 9.17) is 10.5 Å². The molecule has 2 rings (SSSR count). The molecule has 0 spiro atoms. The second kappa shape index (κ2) is 6.76. The third kappa shape index (κ3) is 2.95. The summed E-state index contributed by atoms with van der Waals surface area (Å²) in [6, 6.07) is 1.79. The Bertz CT molecular complexity index is 587. The standard InChI is InChI=1S/C15H25N5O/c1-5-8-20-15(13(21-4)10-17-20)14(16)12-9-11(6-2)18-19(12)7-3/h9-10,14H,5-8,16H2,1-4H3. The van der Waals surface area contributed by atoms with Crippen LogP contribution in [-0.4, -0.2) is 26.7 Å². The van der Waals surface area contributed by atoms with Crippen LogP contribution in [0.5, 0.6) is 5.75 Å². The maximum atomic E-state index is 6.51. The predicted octanol–water partition coefficient (Wildman–Crippen LogP) is 2.13. The van der Waals surface area contributed by atoms with Gasteiger partial charge >= 0.3 is 0 Å². The van der Waals surface area contributed by atoms with Crippen molar-refractivity contribution in [3.63, 3.8) is 0 Å². The van der Waals surface area contributed by atoms with Crippen molar-refractivity contribution in [1.82, 2.24) is 19.6 Å². The summed E-state index contributed by atoms with van der Waals surface area (Å²) in [5.41, 5.74) is 9.49. The molecule has 0 amide bonds. The Kier molecular flexibility index (Phi) is 5.01. The fraction of sp³-hybridized carbons (Fsp3) is 0.600. The van der Waals surface area contributed by atoms with E-state index in [1.54, 1.807) is 13.3 Å². The SMILES string of the molecule is CCCn1ncc(OC)c1C(N)c1cc(CC)nn1CC. The van der Waals surface area contributed by atoms with Crippen molar-refractivity contribution in [3.8, 4) is 5.75 Å². The average molecular weight is 291 g/mol. The van der Waals surface area contributed by atoms with Crippen LogP contribution in [0, 0.1) is 0 Å². The minimum absolute atomic E-state index is 0.290. The van der Waals surface area contributed by atoms with Crippen LogP contribution in [0.2, 0.25) is 0 Å². The lowest BCUT2D eigenvalue weighted by molar-refractivity contribution is 0.402.